The van der Waals surface area contributed by atoms with Crippen molar-refractivity contribution >= 4 is 13.8 Å². The Bertz CT molecular complexity index is 978. The Morgan fingerprint density at radius 3 is 1.53 bits per heavy atom. The van der Waals surface area contributed by atoms with Crippen LogP contribution in [0.5, 0.6) is 0 Å². The summed E-state index contributed by atoms with van der Waals surface area (Å²) in [5.41, 5.74) is 0. The molecule has 0 aliphatic carbocycles. The van der Waals surface area contributed by atoms with Crippen LogP contribution in [0.15, 0.2) is 36.5 Å². The molecular formula is C46H89NO7P+. The van der Waals surface area contributed by atoms with Gasteiger partial charge in [0.15, 0.2) is 0 Å². The smallest absolute Gasteiger partial charge is 0.457 e. The van der Waals surface area contributed by atoms with Gasteiger partial charge in [0.25, 0.3) is 0 Å². The number of hydrogen-bond donors (Lipinski definition) is 1. The lowest BCUT2D eigenvalue weighted by Gasteiger charge is -2.24. The zero-order chi connectivity index (χ0) is 40.6. The molecule has 0 amide bonds. The Morgan fingerprint density at radius 2 is 1.00 bits per heavy atom. The molecular weight excluding hydrogens is 709 g/mol. The highest BCUT2D eigenvalue weighted by Gasteiger charge is 2.26. The molecule has 9 heteroatoms. The van der Waals surface area contributed by atoms with Crippen molar-refractivity contribution in [1.29, 1.82) is 0 Å². The lowest BCUT2D eigenvalue weighted by molar-refractivity contribution is -0.870. The number of carbonyl (C=O) groups excluding carboxylic acids is 1. The molecule has 0 aliphatic heterocycles. The standard InChI is InChI=1S/C46H88NO7P/c1-6-8-10-12-14-16-18-20-22-24-25-27-29-31-33-35-37-39-46(48)54-45(44-53-55(49,50)52-42-40-47(3,4)5)43-51-41-38-36-34-32-30-28-26-23-21-19-17-15-13-11-9-7-2/h14,16,20-23,45H,6-13,15,17-19,24-44H2,1-5H3/p+1/b16-14-,22-20-,23-21-. The van der Waals surface area contributed by atoms with Crippen molar-refractivity contribution < 1.29 is 37.3 Å². The van der Waals surface area contributed by atoms with Gasteiger partial charge in [-0.3, -0.25) is 13.8 Å². The third-order valence-electron chi connectivity index (χ3n) is 9.67. The Kier molecular flexibility index (Phi) is 38.6. The fourth-order valence-corrected chi connectivity index (χ4v) is 6.85. The lowest BCUT2D eigenvalue weighted by Crippen LogP contribution is -2.37. The number of ether oxygens (including phenoxy) is 2. The first-order chi connectivity index (χ1) is 26.6. The highest BCUT2D eigenvalue weighted by Crippen LogP contribution is 2.43. The van der Waals surface area contributed by atoms with E-state index in [9.17, 15) is 14.3 Å². The number of likely N-dealkylation sites (N-methyl/N-ethyl adjacent to an activating group) is 1. The van der Waals surface area contributed by atoms with Gasteiger partial charge < -0.3 is 18.9 Å². The van der Waals surface area contributed by atoms with Gasteiger partial charge in [-0.1, -0.05) is 153 Å². The van der Waals surface area contributed by atoms with Crippen LogP contribution in [0.4, 0.5) is 0 Å². The number of phosphoric acid groups is 1. The van der Waals surface area contributed by atoms with Crippen LogP contribution in [0.1, 0.15) is 194 Å². The van der Waals surface area contributed by atoms with Gasteiger partial charge in [0.1, 0.15) is 19.3 Å². The maximum Gasteiger partial charge on any atom is 0.472 e. The second-order valence-corrected chi connectivity index (χ2v) is 17.9. The summed E-state index contributed by atoms with van der Waals surface area (Å²) in [5.74, 6) is -0.323. The Labute approximate surface area is 340 Å². The third-order valence-corrected chi connectivity index (χ3v) is 10.7. The summed E-state index contributed by atoms with van der Waals surface area (Å²) in [6.07, 6.45) is 46.0. The number of quaternary nitrogens is 1. The molecule has 0 saturated heterocycles. The second kappa shape index (κ2) is 39.5. The molecule has 324 valence electrons. The maximum absolute atomic E-state index is 12.7. The molecule has 0 bridgehead atoms. The SMILES string of the molecule is CCCCC/C=C\C/C=C\CCCCCCCCCC(=O)OC(COCCCCCCCC/C=C\CCCCCCCC)COP(=O)(O)OCC[N+](C)(C)C. The highest BCUT2D eigenvalue weighted by molar-refractivity contribution is 7.47. The summed E-state index contributed by atoms with van der Waals surface area (Å²) in [6.45, 7) is 5.58. The second-order valence-electron chi connectivity index (χ2n) is 16.4. The predicted octanol–water partition coefficient (Wildman–Crippen LogP) is 13.4. The summed E-state index contributed by atoms with van der Waals surface area (Å²) in [4.78, 5) is 22.9. The maximum atomic E-state index is 12.7. The highest BCUT2D eigenvalue weighted by atomic mass is 31.2. The molecule has 1 N–H and O–H groups in total. The van der Waals surface area contributed by atoms with Gasteiger partial charge in [-0.2, -0.15) is 0 Å². The van der Waals surface area contributed by atoms with E-state index in [1.54, 1.807) is 0 Å². The van der Waals surface area contributed by atoms with Gasteiger partial charge in [0, 0.05) is 13.0 Å². The molecule has 0 heterocycles. The molecule has 55 heavy (non-hydrogen) atoms. The van der Waals surface area contributed by atoms with Crippen molar-refractivity contribution in [3.8, 4) is 0 Å². The zero-order valence-corrected chi connectivity index (χ0v) is 37.6. The van der Waals surface area contributed by atoms with Crippen LogP contribution in [0.25, 0.3) is 0 Å². The van der Waals surface area contributed by atoms with Crippen LogP contribution in [-0.4, -0.2) is 75.6 Å². The number of allylic oxidation sites excluding steroid dienone is 6. The molecule has 0 fully saturated rings. The molecule has 0 aromatic carbocycles. The molecule has 2 atom stereocenters. The monoisotopic (exact) mass is 799 g/mol. The van der Waals surface area contributed by atoms with Gasteiger partial charge in [0.2, 0.25) is 0 Å². The first kappa shape index (κ1) is 53.7. The fraction of sp³-hybridized carbons (Fsp3) is 0.848. The average molecular weight is 799 g/mol. The van der Waals surface area contributed by atoms with Crippen molar-refractivity contribution in [1.82, 2.24) is 0 Å². The topological polar surface area (TPSA) is 91.3 Å². The van der Waals surface area contributed by atoms with Gasteiger partial charge in [0.05, 0.1) is 34.4 Å². The number of phosphoric ester groups is 1. The lowest BCUT2D eigenvalue weighted by atomic mass is 10.1. The zero-order valence-electron chi connectivity index (χ0n) is 36.7. The van der Waals surface area contributed by atoms with Crippen LogP contribution >= 0.6 is 7.82 Å². The van der Waals surface area contributed by atoms with Gasteiger partial charge in [-0.25, -0.2) is 4.57 Å². The molecule has 0 spiro atoms. The van der Waals surface area contributed by atoms with Crippen LogP contribution < -0.4 is 0 Å². The van der Waals surface area contributed by atoms with Crippen LogP contribution in [0, 0.1) is 0 Å². The van der Waals surface area contributed by atoms with E-state index < -0.39 is 13.9 Å². The first-order valence-corrected chi connectivity index (χ1v) is 24.2. The number of unbranched alkanes of at least 4 members (excludes halogenated alkanes) is 22. The number of esters is 1. The van der Waals surface area contributed by atoms with E-state index in [2.05, 4.69) is 50.3 Å². The average Bonchev–Trinajstić information content (AvgIpc) is 3.13. The number of nitrogens with zero attached hydrogens (tertiary/aromatic N) is 1. The summed E-state index contributed by atoms with van der Waals surface area (Å²) in [7, 11) is 1.66. The normalized spacial score (nSPS) is 14.1. The molecule has 0 radical (unpaired) electrons. The first-order valence-electron chi connectivity index (χ1n) is 22.7. The number of rotatable bonds is 42. The van der Waals surface area contributed by atoms with Crippen molar-refractivity contribution in [2.45, 2.75) is 200 Å². The van der Waals surface area contributed by atoms with Crippen molar-refractivity contribution in [3.05, 3.63) is 36.5 Å². The van der Waals surface area contributed by atoms with E-state index in [4.69, 9.17) is 18.5 Å². The van der Waals surface area contributed by atoms with Crippen molar-refractivity contribution in [2.24, 2.45) is 0 Å². The Balaban J connectivity index is 4.24. The van der Waals surface area contributed by atoms with E-state index in [0.29, 0.717) is 24.1 Å². The van der Waals surface area contributed by atoms with Crippen molar-refractivity contribution in [2.75, 3.05) is 54.1 Å². The fourth-order valence-electron chi connectivity index (χ4n) is 6.11. The van der Waals surface area contributed by atoms with E-state index in [0.717, 1.165) is 44.9 Å². The predicted molar refractivity (Wildman–Crippen MR) is 233 cm³/mol. The molecule has 0 aromatic rings. The van der Waals surface area contributed by atoms with E-state index >= 15 is 0 Å². The largest absolute Gasteiger partial charge is 0.472 e. The van der Waals surface area contributed by atoms with E-state index in [-0.39, 0.29) is 25.8 Å². The Hall–Kier alpha value is -1.28. The molecule has 2 unspecified atom stereocenters. The summed E-state index contributed by atoms with van der Waals surface area (Å²) in [5, 5.41) is 0. The molecule has 0 rings (SSSR count). The molecule has 0 aliphatic rings. The third kappa shape index (κ3) is 43.7. The van der Waals surface area contributed by atoms with E-state index in [1.807, 2.05) is 21.1 Å². The number of hydrogen-bond acceptors (Lipinski definition) is 6. The van der Waals surface area contributed by atoms with Crippen molar-refractivity contribution in [3.63, 3.8) is 0 Å². The summed E-state index contributed by atoms with van der Waals surface area (Å²) < 4.78 is 35.0. The summed E-state index contributed by atoms with van der Waals surface area (Å²) in [6, 6.07) is 0. The molecule has 8 nitrogen and oxygen atoms in total. The van der Waals surface area contributed by atoms with Crippen LogP contribution in [0.2, 0.25) is 0 Å². The minimum atomic E-state index is -4.28. The molecule has 0 saturated carbocycles. The van der Waals surface area contributed by atoms with Gasteiger partial charge in [-0.05, 0) is 70.6 Å². The van der Waals surface area contributed by atoms with Crippen LogP contribution in [-0.2, 0) is 27.9 Å². The van der Waals surface area contributed by atoms with Gasteiger partial charge in [-0.15, -0.1) is 0 Å². The number of carbonyl (C=O) groups is 1. The minimum Gasteiger partial charge on any atom is -0.457 e. The van der Waals surface area contributed by atoms with Crippen LogP contribution in [0.3, 0.4) is 0 Å². The minimum absolute atomic E-state index is 0.0857. The quantitative estimate of drug-likeness (QED) is 0.0216. The van der Waals surface area contributed by atoms with E-state index in [1.165, 1.54) is 128 Å². The molecule has 0 aromatic heterocycles. The Morgan fingerprint density at radius 1 is 0.564 bits per heavy atom. The van der Waals surface area contributed by atoms with Gasteiger partial charge >= 0.3 is 13.8 Å². The summed E-state index contributed by atoms with van der Waals surface area (Å²) >= 11 is 0.